The first-order valence-corrected chi connectivity index (χ1v) is 12.9. The zero-order chi connectivity index (χ0) is 27.2. The van der Waals surface area contributed by atoms with Crippen molar-refractivity contribution in [1.82, 2.24) is 0 Å². The number of methoxy groups -OCH3 is 3. The lowest BCUT2D eigenvalue weighted by molar-refractivity contribution is -0.136. The van der Waals surface area contributed by atoms with Gasteiger partial charge in [0.2, 0.25) is 0 Å². The Kier molecular flexibility index (Phi) is 7.83. The number of carbonyl (C=O) groups excluding carboxylic acids is 1. The third-order valence-electron chi connectivity index (χ3n) is 7.07. The van der Waals surface area contributed by atoms with Gasteiger partial charge in [-0.3, -0.25) is 0 Å². The van der Waals surface area contributed by atoms with Gasteiger partial charge in [-0.25, -0.2) is 4.79 Å². The molecule has 0 aliphatic carbocycles. The molecule has 0 spiro atoms. The van der Waals surface area contributed by atoms with E-state index in [1.54, 1.807) is 14.2 Å². The third-order valence-corrected chi connectivity index (χ3v) is 7.07. The van der Waals surface area contributed by atoms with E-state index in [9.17, 15) is 4.79 Å². The molecule has 0 radical (unpaired) electrons. The monoisotopic (exact) mass is 520 g/mol. The van der Waals surface area contributed by atoms with Crippen LogP contribution in [0.1, 0.15) is 29.6 Å². The number of anilines is 2. The minimum absolute atomic E-state index is 0.0926. The Balaban J connectivity index is 1.75. The Morgan fingerprint density at radius 3 is 1.79 bits per heavy atom. The van der Waals surface area contributed by atoms with Gasteiger partial charge in [0.25, 0.3) is 0 Å². The molecule has 4 aromatic rings. The van der Waals surface area contributed by atoms with E-state index in [0.29, 0.717) is 12.0 Å². The van der Waals surface area contributed by atoms with E-state index in [0.717, 1.165) is 39.7 Å². The van der Waals surface area contributed by atoms with Crippen molar-refractivity contribution in [2.24, 2.45) is 0 Å². The summed E-state index contributed by atoms with van der Waals surface area (Å²) in [6, 6.07) is 35.6. The molecule has 0 fully saturated rings. The molecular weight excluding hydrogens is 488 g/mol. The second-order valence-electron chi connectivity index (χ2n) is 9.29. The molecule has 6 heteroatoms. The molecule has 1 N–H and O–H groups in total. The number of hydrogen-bond donors (Lipinski definition) is 1. The van der Waals surface area contributed by atoms with Gasteiger partial charge in [-0.05, 0) is 59.7 Å². The lowest BCUT2D eigenvalue weighted by Gasteiger charge is -2.46. The lowest BCUT2D eigenvalue weighted by Crippen LogP contribution is -2.41. The molecular formula is C33H32N2O4. The molecule has 5 rings (SSSR count). The van der Waals surface area contributed by atoms with Gasteiger partial charge < -0.3 is 24.4 Å². The molecule has 6 nitrogen and oxygen atoms in total. The van der Waals surface area contributed by atoms with Gasteiger partial charge in [0.1, 0.15) is 11.5 Å². The molecule has 0 amide bonds. The van der Waals surface area contributed by atoms with E-state index in [2.05, 4.69) is 34.5 Å². The maximum absolute atomic E-state index is 13.6. The summed E-state index contributed by atoms with van der Waals surface area (Å²) in [5, 5.41) is 3.57. The standard InChI is InChI=1S/C33H32N2O4/c1-37-27-18-14-23(15-19-27)30-22-29(34-25-10-6-4-7-11-25)31(33(36)39-3)32(24-16-20-28(38-2)21-17-24)35(30)26-12-8-5-9-13-26/h4-21,30,32,34H,22H2,1-3H3/t30-,32+/m0/s1. The van der Waals surface area contributed by atoms with E-state index < -0.39 is 6.04 Å². The fourth-order valence-electron chi connectivity index (χ4n) is 5.19. The van der Waals surface area contributed by atoms with Gasteiger partial charge in [0.05, 0.1) is 39.0 Å². The van der Waals surface area contributed by atoms with E-state index in [1.807, 2.05) is 84.9 Å². The number of nitrogens with one attached hydrogen (secondary N) is 1. The van der Waals surface area contributed by atoms with E-state index in [-0.39, 0.29) is 12.0 Å². The highest BCUT2D eigenvalue weighted by Gasteiger charge is 2.41. The number of benzene rings is 4. The van der Waals surface area contributed by atoms with Crippen LogP contribution in [0.25, 0.3) is 0 Å². The van der Waals surface area contributed by atoms with Crippen LogP contribution >= 0.6 is 0 Å². The average molecular weight is 521 g/mol. The summed E-state index contributed by atoms with van der Waals surface area (Å²) in [6.07, 6.45) is 0.563. The van der Waals surface area contributed by atoms with Crippen LogP contribution in [0, 0.1) is 0 Å². The van der Waals surface area contributed by atoms with Crippen LogP contribution in [-0.2, 0) is 9.53 Å². The Hall–Kier alpha value is -4.71. The number of para-hydroxylation sites is 2. The molecule has 0 saturated heterocycles. The van der Waals surface area contributed by atoms with Crippen LogP contribution in [-0.4, -0.2) is 27.3 Å². The van der Waals surface area contributed by atoms with Crippen LogP contribution in [0.3, 0.4) is 0 Å². The number of hydrogen-bond acceptors (Lipinski definition) is 6. The third kappa shape index (κ3) is 5.46. The van der Waals surface area contributed by atoms with Crippen molar-refractivity contribution < 1.29 is 19.0 Å². The average Bonchev–Trinajstić information content (AvgIpc) is 3.01. The van der Waals surface area contributed by atoms with Gasteiger partial charge in [0.15, 0.2) is 0 Å². The SMILES string of the molecule is COC(=O)C1=C(Nc2ccccc2)C[C@@H](c2ccc(OC)cc2)N(c2ccccc2)[C@@H]1c1ccc(OC)cc1. The Morgan fingerprint density at radius 2 is 1.26 bits per heavy atom. The number of nitrogens with zero attached hydrogens (tertiary/aromatic N) is 1. The summed E-state index contributed by atoms with van der Waals surface area (Å²) in [5.74, 6) is 1.17. The summed E-state index contributed by atoms with van der Waals surface area (Å²) in [7, 11) is 4.75. The fraction of sp³-hybridized carbons (Fsp3) is 0.182. The van der Waals surface area contributed by atoms with Crippen molar-refractivity contribution in [1.29, 1.82) is 0 Å². The molecule has 0 aromatic heterocycles. The minimum atomic E-state index is -0.433. The smallest absolute Gasteiger partial charge is 0.337 e. The van der Waals surface area contributed by atoms with E-state index >= 15 is 0 Å². The van der Waals surface area contributed by atoms with E-state index in [4.69, 9.17) is 14.2 Å². The molecule has 198 valence electrons. The van der Waals surface area contributed by atoms with Crippen molar-refractivity contribution in [3.05, 3.63) is 132 Å². The van der Waals surface area contributed by atoms with Crippen molar-refractivity contribution in [3.8, 4) is 11.5 Å². The molecule has 1 heterocycles. The first-order valence-electron chi connectivity index (χ1n) is 12.9. The molecule has 1 aliphatic heterocycles. The Bertz CT molecular complexity index is 1420. The first-order chi connectivity index (χ1) is 19.1. The lowest BCUT2D eigenvalue weighted by atomic mass is 9.84. The summed E-state index contributed by atoms with van der Waals surface area (Å²) < 4.78 is 16.3. The van der Waals surface area contributed by atoms with Crippen LogP contribution in [0.5, 0.6) is 11.5 Å². The quantitative estimate of drug-likeness (QED) is 0.254. The number of rotatable bonds is 8. The van der Waals surface area contributed by atoms with E-state index in [1.165, 1.54) is 7.11 Å². The number of esters is 1. The predicted octanol–water partition coefficient (Wildman–Crippen LogP) is 6.94. The van der Waals surface area contributed by atoms with Crippen LogP contribution < -0.4 is 19.7 Å². The Labute approximate surface area is 229 Å². The van der Waals surface area contributed by atoms with Gasteiger partial charge in [0, 0.05) is 23.5 Å². The minimum Gasteiger partial charge on any atom is -0.497 e. The maximum Gasteiger partial charge on any atom is 0.337 e. The molecule has 2 atom stereocenters. The van der Waals surface area contributed by atoms with Crippen LogP contribution in [0.15, 0.2) is 120 Å². The summed E-state index contributed by atoms with van der Waals surface area (Å²) in [6.45, 7) is 0. The predicted molar refractivity (Wildman–Crippen MR) is 154 cm³/mol. The summed E-state index contributed by atoms with van der Waals surface area (Å²) in [4.78, 5) is 15.9. The summed E-state index contributed by atoms with van der Waals surface area (Å²) >= 11 is 0. The molecule has 0 saturated carbocycles. The Morgan fingerprint density at radius 1 is 0.718 bits per heavy atom. The highest BCUT2D eigenvalue weighted by Crippen LogP contribution is 2.48. The van der Waals surface area contributed by atoms with Gasteiger partial charge in [-0.1, -0.05) is 60.7 Å². The number of ether oxygens (including phenoxy) is 3. The van der Waals surface area contributed by atoms with Crippen LogP contribution in [0.2, 0.25) is 0 Å². The molecule has 0 bridgehead atoms. The van der Waals surface area contributed by atoms with Crippen LogP contribution in [0.4, 0.5) is 11.4 Å². The highest BCUT2D eigenvalue weighted by atomic mass is 16.5. The van der Waals surface area contributed by atoms with Crippen molar-refractivity contribution in [2.45, 2.75) is 18.5 Å². The molecule has 4 aromatic carbocycles. The largest absolute Gasteiger partial charge is 0.497 e. The van der Waals surface area contributed by atoms with Gasteiger partial charge in [-0.15, -0.1) is 0 Å². The van der Waals surface area contributed by atoms with Crippen molar-refractivity contribution in [3.63, 3.8) is 0 Å². The zero-order valence-electron chi connectivity index (χ0n) is 22.3. The second kappa shape index (κ2) is 11.8. The number of carbonyl (C=O) groups is 1. The normalized spacial score (nSPS) is 16.9. The highest BCUT2D eigenvalue weighted by molar-refractivity contribution is 5.93. The zero-order valence-corrected chi connectivity index (χ0v) is 22.3. The van der Waals surface area contributed by atoms with Gasteiger partial charge in [-0.2, -0.15) is 0 Å². The maximum atomic E-state index is 13.6. The second-order valence-corrected chi connectivity index (χ2v) is 9.29. The molecule has 0 unspecified atom stereocenters. The molecule has 1 aliphatic rings. The van der Waals surface area contributed by atoms with Crippen molar-refractivity contribution in [2.75, 3.05) is 31.5 Å². The fourth-order valence-corrected chi connectivity index (χ4v) is 5.19. The van der Waals surface area contributed by atoms with Gasteiger partial charge >= 0.3 is 5.97 Å². The molecule has 39 heavy (non-hydrogen) atoms. The van der Waals surface area contributed by atoms with Crippen molar-refractivity contribution >= 4 is 17.3 Å². The first kappa shape index (κ1) is 25.9. The topological polar surface area (TPSA) is 60.0 Å². The summed E-state index contributed by atoms with van der Waals surface area (Å²) in [5.41, 5.74) is 5.35.